The summed E-state index contributed by atoms with van der Waals surface area (Å²) < 4.78 is 0. The molecule has 0 radical (unpaired) electrons. The summed E-state index contributed by atoms with van der Waals surface area (Å²) in [6.45, 7) is 1.18. The lowest BCUT2D eigenvalue weighted by Gasteiger charge is -2.24. The van der Waals surface area contributed by atoms with E-state index in [1.54, 1.807) is 0 Å². The topological polar surface area (TPSA) is 53.7 Å². The summed E-state index contributed by atoms with van der Waals surface area (Å²) in [5, 5.41) is 0. The molecule has 0 aliphatic rings. The molecule has 0 unspecified atom stereocenters. The first kappa shape index (κ1) is 10.8. The van der Waals surface area contributed by atoms with E-state index in [-0.39, 0.29) is 4.97 Å². The average molecular weight is 165 g/mol. The Labute approximate surface area is 67.1 Å². The first-order valence-electron chi connectivity index (χ1n) is 3.50. The molecule has 0 amide bonds. The molecular formula is C6H17N2O3+. The zero-order valence-corrected chi connectivity index (χ0v) is 7.37. The molecule has 0 rings (SSSR count). The summed E-state index contributed by atoms with van der Waals surface area (Å²) in [5.41, 5.74) is 5.32. The fraction of sp³-hybridized carbons (Fsp3) is 1.00. The predicted octanol–water partition coefficient (Wildman–Crippen LogP) is -0.164. The number of hydroxylamine groups is 3. The molecular weight excluding hydrogens is 148 g/mol. The highest BCUT2D eigenvalue weighted by atomic mass is 17.2. The van der Waals surface area contributed by atoms with E-state index in [1.807, 2.05) is 0 Å². The van der Waals surface area contributed by atoms with Gasteiger partial charge in [0.05, 0.1) is 4.97 Å². The van der Waals surface area contributed by atoms with Gasteiger partial charge in [0, 0.05) is 6.42 Å². The van der Waals surface area contributed by atoms with E-state index in [9.17, 15) is 0 Å². The standard InChI is InChI=1S/C6H17N2O3/c1-9-8(10-2,11-3)6-4-5-7/h4-7H2,1-3H3/q+1. The number of quaternary nitrogens is 1. The van der Waals surface area contributed by atoms with Crippen LogP contribution in [0.3, 0.4) is 0 Å². The van der Waals surface area contributed by atoms with E-state index in [2.05, 4.69) is 0 Å². The van der Waals surface area contributed by atoms with Crippen molar-refractivity contribution < 1.29 is 19.5 Å². The maximum absolute atomic E-state index is 5.32. The van der Waals surface area contributed by atoms with Crippen LogP contribution in [0.1, 0.15) is 6.42 Å². The van der Waals surface area contributed by atoms with Crippen LogP contribution in [-0.2, 0) is 14.5 Å². The Balaban J connectivity index is 3.84. The van der Waals surface area contributed by atoms with E-state index < -0.39 is 0 Å². The molecule has 2 N–H and O–H groups in total. The van der Waals surface area contributed by atoms with Gasteiger partial charge in [0.1, 0.15) is 21.3 Å². The van der Waals surface area contributed by atoms with Crippen LogP contribution in [0.15, 0.2) is 0 Å². The van der Waals surface area contributed by atoms with Crippen LogP contribution in [0.5, 0.6) is 0 Å². The fourth-order valence-corrected chi connectivity index (χ4v) is 0.782. The Hall–Kier alpha value is -0.200. The number of rotatable bonds is 6. The van der Waals surface area contributed by atoms with Gasteiger partial charge >= 0.3 is 0 Å². The monoisotopic (exact) mass is 165 g/mol. The van der Waals surface area contributed by atoms with Crippen molar-refractivity contribution in [3.8, 4) is 0 Å². The number of nitrogens with two attached hydrogens (primary N) is 1. The summed E-state index contributed by atoms with van der Waals surface area (Å²) in [6.07, 6.45) is 0.787. The van der Waals surface area contributed by atoms with Crippen molar-refractivity contribution in [1.29, 1.82) is 0 Å². The highest BCUT2D eigenvalue weighted by molar-refractivity contribution is 4.30. The smallest absolute Gasteiger partial charge is 0.179 e. The van der Waals surface area contributed by atoms with Gasteiger partial charge in [-0.15, -0.1) is 14.5 Å². The SMILES string of the molecule is CO[N+](CCCN)(OC)OC. The zero-order chi connectivity index (χ0) is 8.74. The second-order valence-electron chi connectivity index (χ2n) is 2.02. The molecule has 0 aliphatic carbocycles. The normalized spacial score (nSPS) is 12.0. The molecule has 0 saturated heterocycles. The summed E-state index contributed by atoms with van der Waals surface area (Å²) in [6, 6.07) is 0. The van der Waals surface area contributed by atoms with Crippen LogP contribution >= 0.6 is 0 Å². The molecule has 68 valence electrons. The third-order valence-electron chi connectivity index (χ3n) is 1.47. The van der Waals surface area contributed by atoms with Gasteiger partial charge in [-0.05, 0) is 6.54 Å². The lowest BCUT2D eigenvalue weighted by Crippen LogP contribution is -2.46. The zero-order valence-electron chi connectivity index (χ0n) is 7.37. The van der Waals surface area contributed by atoms with Crippen molar-refractivity contribution in [3.63, 3.8) is 0 Å². The minimum atomic E-state index is -0.267. The minimum absolute atomic E-state index is 0.267. The van der Waals surface area contributed by atoms with E-state index in [4.69, 9.17) is 20.2 Å². The van der Waals surface area contributed by atoms with Gasteiger partial charge in [0.2, 0.25) is 0 Å². The lowest BCUT2D eigenvalue weighted by atomic mass is 10.4. The molecule has 0 heterocycles. The van der Waals surface area contributed by atoms with Crippen molar-refractivity contribution in [2.75, 3.05) is 34.4 Å². The molecule has 11 heavy (non-hydrogen) atoms. The van der Waals surface area contributed by atoms with Crippen LogP contribution < -0.4 is 5.73 Å². The molecule has 0 saturated carbocycles. The Kier molecular flexibility index (Phi) is 5.35. The average Bonchev–Trinajstić information content (AvgIpc) is 2.08. The third-order valence-corrected chi connectivity index (χ3v) is 1.47. The maximum Gasteiger partial charge on any atom is 0.179 e. The van der Waals surface area contributed by atoms with Crippen LogP contribution in [-0.4, -0.2) is 39.4 Å². The number of hydrogen-bond acceptors (Lipinski definition) is 4. The van der Waals surface area contributed by atoms with Crippen LogP contribution in [0.4, 0.5) is 0 Å². The second kappa shape index (κ2) is 5.45. The van der Waals surface area contributed by atoms with Gasteiger partial charge in [-0.25, -0.2) is 0 Å². The van der Waals surface area contributed by atoms with Gasteiger partial charge in [-0.3, -0.25) is 0 Å². The van der Waals surface area contributed by atoms with Gasteiger partial charge in [0.15, 0.2) is 6.54 Å². The Morgan fingerprint density at radius 1 is 1.09 bits per heavy atom. The highest BCUT2D eigenvalue weighted by Gasteiger charge is 2.29. The summed E-state index contributed by atoms with van der Waals surface area (Å²) >= 11 is 0. The maximum atomic E-state index is 5.32. The Morgan fingerprint density at radius 3 is 1.82 bits per heavy atom. The molecule has 0 spiro atoms. The first-order valence-corrected chi connectivity index (χ1v) is 3.50. The highest BCUT2D eigenvalue weighted by Crippen LogP contribution is 2.07. The van der Waals surface area contributed by atoms with Gasteiger partial charge < -0.3 is 5.73 Å². The summed E-state index contributed by atoms with van der Waals surface area (Å²) in [5.74, 6) is 0. The molecule has 5 nitrogen and oxygen atoms in total. The van der Waals surface area contributed by atoms with Gasteiger partial charge in [-0.1, -0.05) is 0 Å². The van der Waals surface area contributed by atoms with Crippen LogP contribution in [0.25, 0.3) is 0 Å². The fourth-order valence-electron chi connectivity index (χ4n) is 0.782. The quantitative estimate of drug-likeness (QED) is 0.439. The molecule has 0 aromatic rings. The molecule has 0 atom stereocenters. The van der Waals surface area contributed by atoms with Crippen molar-refractivity contribution in [2.45, 2.75) is 6.42 Å². The van der Waals surface area contributed by atoms with Crippen LogP contribution in [0.2, 0.25) is 0 Å². The Bertz CT molecular complexity index is 87.6. The van der Waals surface area contributed by atoms with Crippen molar-refractivity contribution in [1.82, 2.24) is 0 Å². The number of hydrogen-bond donors (Lipinski definition) is 1. The van der Waals surface area contributed by atoms with Crippen molar-refractivity contribution in [3.05, 3.63) is 0 Å². The largest absolute Gasteiger partial charge is 0.330 e. The Morgan fingerprint density at radius 2 is 1.55 bits per heavy atom. The van der Waals surface area contributed by atoms with Crippen molar-refractivity contribution >= 4 is 0 Å². The van der Waals surface area contributed by atoms with Gasteiger partial charge in [0.25, 0.3) is 0 Å². The lowest BCUT2D eigenvalue weighted by molar-refractivity contribution is -1.36. The molecule has 0 bridgehead atoms. The molecule has 0 aromatic heterocycles. The minimum Gasteiger partial charge on any atom is -0.330 e. The second-order valence-corrected chi connectivity index (χ2v) is 2.02. The van der Waals surface area contributed by atoms with Crippen LogP contribution in [0, 0.1) is 0 Å². The molecule has 0 aliphatic heterocycles. The van der Waals surface area contributed by atoms with E-state index in [0.29, 0.717) is 13.1 Å². The third kappa shape index (κ3) is 3.13. The van der Waals surface area contributed by atoms with E-state index in [1.165, 1.54) is 21.3 Å². The molecule has 5 heteroatoms. The van der Waals surface area contributed by atoms with E-state index in [0.717, 1.165) is 6.42 Å². The number of nitrogens with zero attached hydrogens (tertiary/aromatic N) is 1. The molecule has 0 fully saturated rings. The van der Waals surface area contributed by atoms with Crippen molar-refractivity contribution in [2.24, 2.45) is 5.73 Å². The predicted molar refractivity (Wildman–Crippen MR) is 39.8 cm³/mol. The summed E-state index contributed by atoms with van der Waals surface area (Å²) in [4.78, 5) is 14.7. The van der Waals surface area contributed by atoms with Gasteiger partial charge in [-0.2, -0.15) is 0 Å². The first-order chi connectivity index (χ1) is 5.24. The summed E-state index contributed by atoms with van der Waals surface area (Å²) in [7, 11) is 4.55. The van der Waals surface area contributed by atoms with E-state index >= 15 is 0 Å². The molecule has 0 aromatic carbocycles.